The number of cyclic esters (lactones) is 1. The second-order valence-corrected chi connectivity index (χ2v) is 22.1. The summed E-state index contributed by atoms with van der Waals surface area (Å²) in [6.45, 7) is 13.0. The number of carbonyl (C=O) groups excluding carboxylic acids is 6. The Morgan fingerprint density at radius 3 is 2.22 bits per heavy atom. The molecular formula is C57H89NO16. The molecule has 15 atom stereocenters. The number of allylic oxidation sites excluding steroid dienone is 6. The van der Waals surface area contributed by atoms with Gasteiger partial charge >= 0.3 is 11.9 Å². The van der Waals surface area contributed by atoms with Gasteiger partial charge in [0.15, 0.2) is 5.78 Å². The van der Waals surface area contributed by atoms with Crippen LogP contribution in [-0.4, -0.2) is 156 Å². The molecule has 0 radical (unpaired) electrons. The van der Waals surface area contributed by atoms with E-state index in [4.69, 9.17) is 28.4 Å². The summed E-state index contributed by atoms with van der Waals surface area (Å²) < 4.78 is 35.6. The van der Waals surface area contributed by atoms with Crippen molar-refractivity contribution in [1.82, 2.24) is 4.90 Å². The molecule has 0 aromatic rings. The van der Waals surface area contributed by atoms with Gasteiger partial charge in [0.1, 0.15) is 41.7 Å². The molecule has 418 valence electrons. The number of Topliss-reactive ketones (excluding diaryl/α,β-unsaturated/α-hetero) is 3. The minimum absolute atomic E-state index is 0.00748. The Bertz CT molecular complexity index is 2030. The molecule has 3 fully saturated rings. The standard InChI is InChI=1S/C57H89NO16/c1-12-41-28-38(6)50(63)51(71-11)49(62)37(5)26-34(2)18-14-13-15-19-35(3)46(69-9)30-42-23-21-39(7)57(68,74-42)52(64)53(65)58-25-17-16-20-43(58)54(66)72-47(31-44(41)61)36(4)27-40-22-24-45(48(29-40)70-10)73-55(67)56(8,32-59)33-60/h13-15,18-19,28,34,36-37,39-43,45-48,50-51,59-60,63,68H,12,16-17,20-27,29-33H2,1-11H3/t34-,36-,37-,39-,40+,41-,42+,43+,45-,46+,47+,48-,50-,51+,57-/m1/s1. The molecule has 1 amide bonds. The minimum atomic E-state index is -2.47. The summed E-state index contributed by atoms with van der Waals surface area (Å²) in [6.07, 6.45) is 10.2. The van der Waals surface area contributed by atoms with Crippen molar-refractivity contribution < 1.29 is 77.6 Å². The van der Waals surface area contributed by atoms with Gasteiger partial charge in [0, 0.05) is 58.5 Å². The first kappa shape index (κ1) is 62.6. The van der Waals surface area contributed by atoms with Crippen LogP contribution in [-0.2, 0) is 57.2 Å². The fraction of sp³-hybridized carbons (Fsp3) is 0.754. The third-order valence-electron chi connectivity index (χ3n) is 16.2. The largest absolute Gasteiger partial charge is 0.460 e. The number of hydrogen-bond donors (Lipinski definition) is 4. The molecule has 3 heterocycles. The number of carbonyl (C=O) groups is 6. The fourth-order valence-electron chi connectivity index (χ4n) is 10.9. The highest BCUT2D eigenvalue weighted by Gasteiger charge is 2.53. The Morgan fingerprint density at radius 2 is 1.58 bits per heavy atom. The van der Waals surface area contributed by atoms with Crippen LogP contribution in [0.5, 0.6) is 0 Å². The molecule has 4 rings (SSSR count). The van der Waals surface area contributed by atoms with E-state index in [1.807, 2.05) is 58.1 Å². The zero-order valence-corrected chi connectivity index (χ0v) is 46.0. The lowest BCUT2D eigenvalue weighted by Crippen LogP contribution is -2.61. The molecule has 0 aromatic heterocycles. The summed E-state index contributed by atoms with van der Waals surface area (Å²) in [5.74, 6) is -9.27. The normalized spacial score (nSPS) is 34.8. The van der Waals surface area contributed by atoms with Gasteiger partial charge in [0.25, 0.3) is 11.7 Å². The molecule has 4 aliphatic rings. The van der Waals surface area contributed by atoms with E-state index in [9.17, 15) is 49.2 Å². The predicted molar refractivity (Wildman–Crippen MR) is 276 cm³/mol. The third kappa shape index (κ3) is 16.1. The lowest BCUT2D eigenvalue weighted by Gasteiger charge is -2.42. The Kier molecular flexibility index (Phi) is 24.5. The van der Waals surface area contributed by atoms with Crippen molar-refractivity contribution in [1.29, 1.82) is 0 Å². The fourth-order valence-corrected chi connectivity index (χ4v) is 10.9. The first-order valence-electron chi connectivity index (χ1n) is 26.9. The lowest BCUT2D eigenvalue weighted by atomic mass is 9.78. The molecule has 1 saturated carbocycles. The molecule has 74 heavy (non-hydrogen) atoms. The highest BCUT2D eigenvalue weighted by Crippen LogP contribution is 2.39. The van der Waals surface area contributed by atoms with Crippen molar-refractivity contribution in [2.75, 3.05) is 41.1 Å². The smallest absolute Gasteiger partial charge is 0.329 e. The molecule has 3 aliphatic heterocycles. The van der Waals surface area contributed by atoms with Gasteiger partial charge in [-0.1, -0.05) is 71.1 Å². The van der Waals surface area contributed by atoms with Crippen LogP contribution in [0.25, 0.3) is 0 Å². The number of rotatable bonds is 11. The number of aliphatic hydroxyl groups is 4. The second-order valence-electron chi connectivity index (χ2n) is 22.1. The van der Waals surface area contributed by atoms with Gasteiger partial charge in [-0.25, -0.2) is 4.79 Å². The van der Waals surface area contributed by atoms with Crippen molar-refractivity contribution in [2.24, 2.45) is 40.9 Å². The SMILES string of the molecule is CC[C@@H]1C=C(C)[C@@H](O)[C@@H](OC)C(=O)[C@H](C)C[C@H](C)C=CC=CC=C(C)[C@@H](OC)C[C@@H]2CC[C@@H](C)[C@@](O)(O2)C(=O)C(=O)N2CCCC[C@H]2C(=O)O[C@H]([C@H](C)C[C@@H]2CC[C@@H](OC(=O)C(C)(CO)CO)[C@H](OC)C2)CC1=O. The maximum absolute atomic E-state index is 14.6. The van der Waals surface area contributed by atoms with E-state index in [1.165, 1.54) is 26.0 Å². The van der Waals surface area contributed by atoms with Gasteiger partial charge in [-0.05, 0) is 120 Å². The van der Waals surface area contributed by atoms with Crippen molar-refractivity contribution in [3.8, 4) is 0 Å². The number of nitrogens with zero attached hydrogens (tertiary/aromatic N) is 1. The Labute approximate surface area is 439 Å². The van der Waals surface area contributed by atoms with Gasteiger partial charge in [-0.3, -0.25) is 24.0 Å². The number of amides is 1. The summed E-state index contributed by atoms with van der Waals surface area (Å²) >= 11 is 0. The van der Waals surface area contributed by atoms with Crippen LogP contribution in [0.1, 0.15) is 139 Å². The monoisotopic (exact) mass is 1040 g/mol. The van der Waals surface area contributed by atoms with Gasteiger partial charge in [-0.2, -0.15) is 0 Å². The van der Waals surface area contributed by atoms with Crippen LogP contribution in [0.2, 0.25) is 0 Å². The van der Waals surface area contributed by atoms with Gasteiger partial charge in [-0.15, -0.1) is 0 Å². The van der Waals surface area contributed by atoms with Crippen molar-refractivity contribution >= 4 is 35.2 Å². The molecule has 0 unspecified atom stereocenters. The molecule has 17 heteroatoms. The molecular weight excluding hydrogens is 955 g/mol. The average molecular weight is 1040 g/mol. The minimum Gasteiger partial charge on any atom is -0.460 e. The van der Waals surface area contributed by atoms with Gasteiger partial charge in [0.2, 0.25) is 5.79 Å². The van der Waals surface area contributed by atoms with Gasteiger partial charge < -0.3 is 53.7 Å². The summed E-state index contributed by atoms with van der Waals surface area (Å²) in [6, 6.07) is -1.20. The molecule has 1 aliphatic carbocycles. The van der Waals surface area contributed by atoms with Crippen LogP contribution >= 0.6 is 0 Å². The average Bonchev–Trinajstić information content (AvgIpc) is 3.39. The van der Waals surface area contributed by atoms with Crippen molar-refractivity contribution in [3.05, 3.63) is 47.6 Å². The van der Waals surface area contributed by atoms with Crippen LogP contribution in [0.15, 0.2) is 47.6 Å². The molecule has 0 spiro atoms. The number of ketones is 3. The van der Waals surface area contributed by atoms with Crippen LogP contribution in [0.4, 0.5) is 0 Å². The number of aliphatic hydroxyl groups excluding tert-OH is 3. The number of hydrogen-bond acceptors (Lipinski definition) is 16. The quantitative estimate of drug-likeness (QED) is 0.104. The lowest BCUT2D eigenvalue weighted by molar-refractivity contribution is -0.265. The van der Waals surface area contributed by atoms with E-state index in [-0.39, 0.29) is 42.8 Å². The van der Waals surface area contributed by atoms with E-state index in [0.29, 0.717) is 76.2 Å². The van der Waals surface area contributed by atoms with Crippen molar-refractivity contribution in [3.63, 3.8) is 0 Å². The zero-order chi connectivity index (χ0) is 55.1. The highest BCUT2D eigenvalue weighted by molar-refractivity contribution is 6.39. The summed E-state index contributed by atoms with van der Waals surface area (Å²) in [4.78, 5) is 85.9. The summed E-state index contributed by atoms with van der Waals surface area (Å²) in [7, 11) is 4.44. The zero-order valence-electron chi connectivity index (χ0n) is 46.0. The van der Waals surface area contributed by atoms with E-state index in [0.717, 1.165) is 5.57 Å². The van der Waals surface area contributed by atoms with E-state index in [1.54, 1.807) is 34.0 Å². The number of esters is 2. The number of piperidine rings is 1. The Morgan fingerprint density at radius 1 is 0.878 bits per heavy atom. The number of ether oxygens (including phenoxy) is 6. The maximum Gasteiger partial charge on any atom is 0.329 e. The molecule has 2 saturated heterocycles. The first-order chi connectivity index (χ1) is 35.0. The van der Waals surface area contributed by atoms with Crippen LogP contribution in [0.3, 0.4) is 0 Å². The topological polar surface area (TPSA) is 242 Å². The number of fused-ring (bicyclic) bond motifs is 3. The van der Waals surface area contributed by atoms with Crippen molar-refractivity contribution in [2.45, 2.75) is 193 Å². The third-order valence-corrected chi connectivity index (χ3v) is 16.2. The molecule has 17 nitrogen and oxygen atoms in total. The highest BCUT2D eigenvalue weighted by atomic mass is 16.6. The van der Waals surface area contributed by atoms with E-state index >= 15 is 0 Å². The van der Waals surface area contributed by atoms with Crippen LogP contribution < -0.4 is 0 Å². The van der Waals surface area contributed by atoms with Crippen LogP contribution in [0, 0.1) is 40.9 Å². The molecule has 2 bridgehead atoms. The summed E-state index contributed by atoms with van der Waals surface area (Å²) in [5.41, 5.74) is -0.259. The Balaban J connectivity index is 1.72. The molecule has 4 N–H and O–H groups in total. The Hall–Kier alpha value is -3.94. The predicted octanol–water partition coefficient (Wildman–Crippen LogP) is 6.11. The first-order valence-corrected chi connectivity index (χ1v) is 26.9. The van der Waals surface area contributed by atoms with Gasteiger partial charge in [0.05, 0.1) is 31.5 Å². The van der Waals surface area contributed by atoms with E-state index in [2.05, 4.69) is 0 Å². The summed E-state index contributed by atoms with van der Waals surface area (Å²) in [5, 5.41) is 43.2. The number of methoxy groups -OCH3 is 3. The maximum atomic E-state index is 14.6. The second kappa shape index (κ2) is 29.0. The molecule has 0 aromatic carbocycles. The van der Waals surface area contributed by atoms with E-state index < -0.39 is 120 Å².